The number of nitrogens with one attached hydrogen (secondary N) is 1. The van der Waals surface area contributed by atoms with E-state index in [4.69, 9.17) is 5.11 Å². The lowest BCUT2D eigenvalue weighted by atomic mass is 10.0. The highest BCUT2D eigenvalue weighted by Gasteiger charge is 2.12. The Labute approximate surface area is 217 Å². The van der Waals surface area contributed by atoms with Crippen LogP contribution in [0.1, 0.15) is 43.0 Å². The molecule has 1 atom stereocenters. The Morgan fingerprint density at radius 1 is 1.00 bits per heavy atom. The maximum absolute atomic E-state index is 14.4. The van der Waals surface area contributed by atoms with Gasteiger partial charge in [-0.05, 0) is 70.3 Å². The Morgan fingerprint density at radius 3 is 2.22 bits per heavy atom. The Hall–Kier alpha value is -3.30. The van der Waals surface area contributed by atoms with Crippen molar-refractivity contribution in [2.24, 2.45) is 0 Å². The van der Waals surface area contributed by atoms with Gasteiger partial charge in [0.25, 0.3) is 0 Å². The minimum Gasteiger partial charge on any atom is -0.400 e. The molecule has 1 aromatic heterocycles. The summed E-state index contributed by atoms with van der Waals surface area (Å²) in [7, 11) is 0.397. The highest BCUT2D eigenvalue weighted by atomic mass is 32.2. The molecule has 0 radical (unpaired) electrons. The first-order valence-corrected chi connectivity index (χ1v) is 13.0. The Balaban J connectivity index is 0.000000519. The molecular formula is C28H31F3N2O3S. The van der Waals surface area contributed by atoms with Crippen molar-refractivity contribution in [3.8, 4) is 11.1 Å². The number of allylic oxidation sites excluding steroid dienone is 1. The van der Waals surface area contributed by atoms with Gasteiger partial charge in [0.1, 0.15) is 5.82 Å². The number of aliphatic hydroxyl groups excluding tert-OH is 1. The minimum atomic E-state index is -0.997. The SMILES string of the molecule is CC(C)c1cc(CNC(=O)Cc2ccc(-c3ccc(F)c(F)c3)cc2F)ccn1.CO.O=S1C=CCC1. The van der Waals surface area contributed by atoms with Crippen LogP contribution in [0.3, 0.4) is 0 Å². The quantitative estimate of drug-likeness (QED) is 0.445. The molecule has 0 saturated heterocycles. The zero-order chi connectivity index (χ0) is 27.4. The van der Waals surface area contributed by atoms with Crippen LogP contribution in [0, 0.1) is 17.5 Å². The third-order valence-corrected chi connectivity index (χ3v) is 6.45. The summed E-state index contributed by atoms with van der Waals surface area (Å²) >= 11 is 0. The molecule has 0 fully saturated rings. The molecule has 1 amide bonds. The summed E-state index contributed by atoms with van der Waals surface area (Å²) in [6, 6.07) is 11.4. The fraction of sp³-hybridized carbons (Fsp3) is 0.286. The molecule has 198 valence electrons. The third kappa shape index (κ3) is 9.59. The van der Waals surface area contributed by atoms with Crippen LogP contribution >= 0.6 is 0 Å². The van der Waals surface area contributed by atoms with Crippen molar-refractivity contribution in [2.75, 3.05) is 12.9 Å². The monoisotopic (exact) mass is 532 g/mol. The Morgan fingerprint density at radius 2 is 1.68 bits per heavy atom. The molecule has 1 aliphatic rings. The molecule has 2 N–H and O–H groups in total. The zero-order valence-corrected chi connectivity index (χ0v) is 21.8. The average molecular weight is 533 g/mol. The number of aliphatic hydroxyl groups is 1. The number of nitrogens with zero attached hydrogens (tertiary/aromatic N) is 1. The lowest BCUT2D eigenvalue weighted by Gasteiger charge is -2.10. The second-order valence-electron chi connectivity index (χ2n) is 8.38. The number of amides is 1. The fourth-order valence-corrected chi connectivity index (χ4v) is 4.18. The van der Waals surface area contributed by atoms with Gasteiger partial charge in [-0.15, -0.1) is 0 Å². The van der Waals surface area contributed by atoms with Gasteiger partial charge in [0.05, 0.1) is 6.42 Å². The van der Waals surface area contributed by atoms with E-state index >= 15 is 0 Å². The molecule has 37 heavy (non-hydrogen) atoms. The summed E-state index contributed by atoms with van der Waals surface area (Å²) in [5, 5.41) is 11.5. The Bertz CT molecular complexity index is 1250. The molecule has 3 aromatic rings. The van der Waals surface area contributed by atoms with Crippen LogP contribution in [0.5, 0.6) is 0 Å². The van der Waals surface area contributed by atoms with Crippen molar-refractivity contribution in [2.45, 2.75) is 39.2 Å². The van der Waals surface area contributed by atoms with Gasteiger partial charge in [-0.25, -0.2) is 13.2 Å². The number of benzene rings is 2. The Kier molecular flexibility index (Phi) is 12.2. The maximum Gasteiger partial charge on any atom is 0.224 e. The summed E-state index contributed by atoms with van der Waals surface area (Å²) < 4.78 is 51.1. The van der Waals surface area contributed by atoms with Crippen LogP contribution in [-0.4, -0.2) is 33.1 Å². The van der Waals surface area contributed by atoms with Crippen LogP contribution in [0.15, 0.2) is 66.2 Å². The van der Waals surface area contributed by atoms with Crippen molar-refractivity contribution < 1.29 is 27.3 Å². The molecule has 0 saturated carbocycles. The molecule has 0 spiro atoms. The molecular weight excluding hydrogens is 501 g/mol. The molecule has 9 heteroatoms. The van der Waals surface area contributed by atoms with Crippen LogP contribution < -0.4 is 5.32 Å². The van der Waals surface area contributed by atoms with Gasteiger partial charge in [-0.3, -0.25) is 14.0 Å². The van der Waals surface area contributed by atoms with E-state index in [1.165, 1.54) is 18.2 Å². The highest BCUT2D eigenvalue weighted by Crippen LogP contribution is 2.24. The average Bonchev–Trinajstić information content (AvgIpc) is 3.38. The zero-order valence-electron chi connectivity index (χ0n) is 21.0. The summed E-state index contributed by atoms with van der Waals surface area (Å²) in [5.41, 5.74) is 2.86. The van der Waals surface area contributed by atoms with Crippen LogP contribution in [0.4, 0.5) is 13.2 Å². The smallest absolute Gasteiger partial charge is 0.224 e. The molecule has 2 aromatic carbocycles. The van der Waals surface area contributed by atoms with Gasteiger partial charge >= 0.3 is 0 Å². The number of rotatable bonds is 6. The molecule has 0 bridgehead atoms. The van der Waals surface area contributed by atoms with Crippen LogP contribution in [-0.2, 0) is 28.6 Å². The number of carbonyl (C=O) groups is 1. The second-order valence-corrected chi connectivity index (χ2v) is 9.82. The molecule has 1 aliphatic heterocycles. The van der Waals surface area contributed by atoms with Gasteiger partial charge in [0.2, 0.25) is 5.91 Å². The molecule has 0 aliphatic carbocycles. The highest BCUT2D eigenvalue weighted by molar-refractivity contribution is 7.88. The van der Waals surface area contributed by atoms with Crippen molar-refractivity contribution in [1.82, 2.24) is 10.3 Å². The molecule has 2 heterocycles. The van der Waals surface area contributed by atoms with E-state index in [-0.39, 0.29) is 23.8 Å². The first-order valence-electron chi connectivity index (χ1n) is 11.7. The van der Waals surface area contributed by atoms with Gasteiger partial charge in [-0.1, -0.05) is 38.1 Å². The topological polar surface area (TPSA) is 79.3 Å². The van der Waals surface area contributed by atoms with Gasteiger partial charge in [0.15, 0.2) is 11.6 Å². The van der Waals surface area contributed by atoms with Crippen molar-refractivity contribution in [1.29, 1.82) is 0 Å². The molecule has 5 nitrogen and oxygen atoms in total. The van der Waals surface area contributed by atoms with Gasteiger partial charge in [0, 0.05) is 42.1 Å². The number of carbonyl (C=O) groups excluding carboxylic acids is 1. The number of pyridine rings is 1. The lowest BCUT2D eigenvalue weighted by molar-refractivity contribution is -0.120. The summed E-state index contributed by atoms with van der Waals surface area (Å²) in [5.74, 6) is -1.71. The second kappa shape index (κ2) is 15.1. The van der Waals surface area contributed by atoms with Gasteiger partial charge in [-0.2, -0.15) is 0 Å². The summed E-state index contributed by atoms with van der Waals surface area (Å²) in [6.07, 6.45) is 4.54. The van der Waals surface area contributed by atoms with Crippen molar-refractivity contribution >= 4 is 16.7 Å². The maximum atomic E-state index is 14.4. The predicted molar refractivity (Wildman–Crippen MR) is 141 cm³/mol. The standard InChI is InChI=1S/C23H21F3N2O.C4H6OS.CH4O/c1-14(2)22-9-15(7-8-27-22)13-28-23(29)12-18-4-3-16(10-20(18)25)17-5-6-19(24)21(26)11-17;5-6-3-1-2-4-6;1-2/h3-11,14H,12-13H2,1-2H3,(H,28,29);1,3H,2,4H2;2H,1H3. The van der Waals surface area contributed by atoms with Crippen LogP contribution in [0.2, 0.25) is 0 Å². The van der Waals surface area contributed by atoms with Crippen molar-refractivity contribution in [3.63, 3.8) is 0 Å². The number of hydrogen-bond acceptors (Lipinski definition) is 4. The molecule has 4 rings (SSSR count). The first kappa shape index (κ1) is 29.9. The predicted octanol–water partition coefficient (Wildman–Crippen LogP) is 5.41. The number of aromatic nitrogens is 1. The fourth-order valence-electron chi connectivity index (χ4n) is 3.33. The van der Waals surface area contributed by atoms with E-state index in [1.807, 2.05) is 32.1 Å². The van der Waals surface area contributed by atoms with E-state index in [1.54, 1.807) is 17.7 Å². The van der Waals surface area contributed by atoms with E-state index in [0.29, 0.717) is 17.7 Å². The number of halogens is 3. The first-order chi connectivity index (χ1) is 17.7. The lowest BCUT2D eigenvalue weighted by Crippen LogP contribution is -2.25. The largest absolute Gasteiger partial charge is 0.400 e. The third-order valence-electron chi connectivity index (χ3n) is 5.32. The molecule has 1 unspecified atom stereocenters. The number of hydrogen-bond donors (Lipinski definition) is 2. The van der Waals surface area contributed by atoms with Gasteiger partial charge < -0.3 is 10.4 Å². The van der Waals surface area contributed by atoms with E-state index in [2.05, 4.69) is 10.3 Å². The van der Waals surface area contributed by atoms with Crippen LogP contribution in [0.25, 0.3) is 11.1 Å². The van der Waals surface area contributed by atoms with E-state index in [0.717, 1.165) is 42.7 Å². The summed E-state index contributed by atoms with van der Waals surface area (Å²) in [4.78, 5) is 16.5. The van der Waals surface area contributed by atoms with E-state index < -0.39 is 28.3 Å². The summed E-state index contributed by atoms with van der Waals surface area (Å²) in [6.45, 7) is 4.41. The van der Waals surface area contributed by atoms with E-state index in [9.17, 15) is 22.2 Å². The normalized spacial score (nSPS) is 13.9. The minimum absolute atomic E-state index is 0.119. The van der Waals surface area contributed by atoms with Crippen molar-refractivity contribution in [3.05, 3.63) is 100 Å².